The molecule has 0 aromatic carbocycles. The SMILES string of the molecule is [CH2]CCCCCCCCC(Br)(Br)CCCCCCCC. The molecule has 0 bridgehead atoms. The Morgan fingerprint density at radius 1 is 0.650 bits per heavy atom. The lowest BCUT2D eigenvalue weighted by Gasteiger charge is -2.20. The summed E-state index contributed by atoms with van der Waals surface area (Å²) in [6.45, 7) is 6.17. The molecule has 0 heterocycles. The maximum Gasteiger partial charge on any atom is 0.0805 e. The summed E-state index contributed by atoms with van der Waals surface area (Å²) in [6, 6.07) is 0. The third kappa shape index (κ3) is 15.4. The quantitative estimate of drug-likeness (QED) is 0.188. The van der Waals surface area contributed by atoms with Gasteiger partial charge in [0.1, 0.15) is 0 Å². The van der Waals surface area contributed by atoms with Crippen LogP contribution in [-0.2, 0) is 0 Å². The molecule has 0 amide bonds. The zero-order valence-electron chi connectivity index (χ0n) is 13.6. The molecule has 0 rings (SSSR count). The van der Waals surface area contributed by atoms with E-state index in [0.29, 0.717) is 0 Å². The number of rotatable bonds is 15. The second kappa shape index (κ2) is 14.9. The van der Waals surface area contributed by atoms with E-state index in [1.54, 1.807) is 0 Å². The maximum atomic E-state index is 3.89. The number of unbranched alkanes of at least 4 members (excludes halogenated alkanes) is 11. The number of hydrogen-bond acceptors (Lipinski definition) is 0. The van der Waals surface area contributed by atoms with Crippen LogP contribution in [0.25, 0.3) is 0 Å². The molecule has 0 spiro atoms. The summed E-state index contributed by atoms with van der Waals surface area (Å²) in [4.78, 5) is 0. The van der Waals surface area contributed by atoms with Crippen molar-refractivity contribution in [2.75, 3.05) is 0 Å². The average molecular weight is 411 g/mol. The van der Waals surface area contributed by atoms with E-state index >= 15 is 0 Å². The molecule has 0 aromatic rings. The van der Waals surface area contributed by atoms with E-state index in [9.17, 15) is 0 Å². The summed E-state index contributed by atoms with van der Waals surface area (Å²) in [6.07, 6.45) is 20.1. The Morgan fingerprint density at radius 3 is 1.50 bits per heavy atom. The fourth-order valence-corrected chi connectivity index (χ4v) is 3.68. The largest absolute Gasteiger partial charge is 0.0805 e. The minimum Gasteiger partial charge on any atom is -0.0727 e. The van der Waals surface area contributed by atoms with Gasteiger partial charge < -0.3 is 0 Å². The van der Waals surface area contributed by atoms with Gasteiger partial charge in [-0.25, -0.2) is 0 Å². The molecule has 0 nitrogen and oxygen atoms in total. The lowest BCUT2D eigenvalue weighted by molar-refractivity contribution is 0.531. The van der Waals surface area contributed by atoms with E-state index in [2.05, 4.69) is 45.7 Å². The number of hydrogen-bond donors (Lipinski definition) is 0. The normalized spacial score (nSPS) is 12.0. The van der Waals surface area contributed by atoms with E-state index in [1.165, 1.54) is 89.9 Å². The molecule has 0 saturated carbocycles. The molecular formula is C18H35Br2. The highest BCUT2D eigenvalue weighted by Gasteiger charge is 2.20. The Kier molecular flexibility index (Phi) is 15.6. The van der Waals surface area contributed by atoms with Crippen LogP contribution in [0.4, 0.5) is 0 Å². The van der Waals surface area contributed by atoms with Gasteiger partial charge in [-0.1, -0.05) is 129 Å². The minimum absolute atomic E-state index is 0.206. The molecule has 1 radical (unpaired) electrons. The number of halogens is 2. The first-order chi connectivity index (χ1) is 9.62. The topological polar surface area (TPSA) is 0 Å². The molecule has 0 aliphatic heterocycles. The minimum atomic E-state index is 0.206. The first-order valence-corrected chi connectivity index (χ1v) is 10.4. The highest BCUT2D eigenvalue weighted by atomic mass is 79.9. The van der Waals surface area contributed by atoms with Crippen LogP contribution in [0.5, 0.6) is 0 Å². The van der Waals surface area contributed by atoms with Crippen molar-refractivity contribution in [2.45, 2.75) is 106 Å². The zero-order chi connectivity index (χ0) is 15.1. The van der Waals surface area contributed by atoms with Crippen LogP contribution in [0, 0.1) is 6.92 Å². The predicted octanol–water partition coefficient (Wildman–Crippen LogP) is 8.18. The Balaban J connectivity index is 3.35. The van der Waals surface area contributed by atoms with Gasteiger partial charge in [0.2, 0.25) is 0 Å². The van der Waals surface area contributed by atoms with Crippen LogP contribution in [0.2, 0.25) is 0 Å². The average Bonchev–Trinajstić information content (AvgIpc) is 2.41. The van der Waals surface area contributed by atoms with Gasteiger partial charge in [-0.2, -0.15) is 0 Å². The van der Waals surface area contributed by atoms with Crippen molar-refractivity contribution in [3.8, 4) is 0 Å². The van der Waals surface area contributed by atoms with E-state index in [0.717, 1.165) is 6.42 Å². The monoisotopic (exact) mass is 409 g/mol. The molecule has 0 aliphatic rings. The molecule has 0 saturated heterocycles. The number of alkyl halides is 2. The second-order valence-corrected chi connectivity index (χ2v) is 10.2. The van der Waals surface area contributed by atoms with Crippen LogP contribution >= 0.6 is 31.9 Å². The van der Waals surface area contributed by atoms with E-state index in [1.807, 2.05) is 0 Å². The molecule has 121 valence electrons. The molecule has 20 heavy (non-hydrogen) atoms. The van der Waals surface area contributed by atoms with Crippen molar-refractivity contribution in [3.05, 3.63) is 6.92 Å². The van der Waals surface area contributed by atoms with Gasteiger partial charge in [0.05, 0.1) is 3.23 Å². The van der Waals surface area contributed by atoms with Crippen LogP contribution in [0.3, 0.4) is 0 Å². The van der Waals surface area contributed by atoms with E-state index in [4.69, 9.17) is 0 Å². The van der Waals surface area contributed by atoms with Crippen LogP contribution in [0.15, 0.2) is 0 Å². The molecular weight excluding hydrogens is 376 g/mol. The van der Waals surface area contributed by atoms with Crippen molar-refractivity contribution >= 4 is 31.9 Å². The summed E-state index contributed by atoms with van der Waals surface area (Å²) >= 11 is 7.73. The third-order valence-electron chi connectivity index (χ3n) is 3.94. The zero-order valence-corrected chi connectivity index (χ0v) is 16.7. The Hall–Kier alpha value is 0.960. The Bertz CT molecular complexity index is 190. The molecule has 2 heteroatoms. The lowest BCUT2D eigenvalue weighted by Crippen LogP contribution is -2.10. The summed E-state index contributed by atoms with van der Waals surface area (Å²) in [7, 11) is 0. The fourth-order valence-electron chi connectivity index (χ4n) is 2.56. The van der Waals surface area contributed by atoms with Crippen molar-refractivity contribution in [1.82, 2.24) is 0 Å². The molecule has 0 aliphatic carbocycles. The summed E-state index contributed by atoms with van der Waals surface area (Å²) in [5.74, 6) is 0. The van der Waals surface area contributed by atoms with Crippen molar-refractivity contribution in [2.24, 2.45) is 0 Å². The standard InChI is InChI=1S/C18H35Br2/c1-3-5-7-9-11-13-15-17-18(19,20)16-14-12-10-8-6-4-2/h1,3-17H2,2H3. The highest BCUT2D eigenvalue weighted by molar-refractivity contribution is 9.25. The molecule has 0 N–H and O–H groups in total. The summed E-state index contributed by atoms with van der Waals surface area (Å²) in [5, 5.41) is 0. The first kappa shape index (κ1) is 21.0. The predicted molar refractivity (Wildman–Crippen MR) is 101 cm³/mol. The van der Waals surface area contributed by atoms with Crippen LogP contribution in [-0.4, -0.2) is 3.23 Å². The molecule has 0 unspecified atom stereocenters. The van der Waals surface area contributed by atoms with Crippen molar-refractivity contribution in [3.63, 3.8) is 0 Å². The Labute approximate surface area is 145 Å². The van der Waals surface area contributed by atoms with Crippen molar-refractivity contribution < 1.29 is 0 Å². The fraction of sp³-hybridized carbons (Fsp3) is 0.944. The smallest absolute Gasteiger partial charge is 0.0727 e. The first-order valence-electron chi connectivity index (χ1n) is 8.79. The van der Waals surface area contributed by atoms with Crippen LogP contribution in [0.1, 0.15) is 103 Å². The van der Waals surface area contributed by atoms with E-state index in [-0.39, 0.29) is 3.23 Å². The van der Waals surface area contributed by atoms with Gasteiger partial charge >= 0.3 is 0 Å². The van der Waals surface area contributed by atoms with Gasteiger partial charge in [0.25, 0.3) is 0 Å². The van der Waals surface area contributed by atoms with Gasteiger partial charge in [-0.15, -0.1) is 0 Å². The van der Waals surface area contributed by atoms with E-state index < -0.39 is 0 Å². The van der Waals surface area contributed by atoms with Gasteiger partial charge in [0, 0.05) is 0 Å². The van der Waals surface area contributed by atoms with Crippen LogP contribution < -0.4 is 0 Å². The van der Waals surface area contributed by atoms with Gasteiger partial charge in [-0.3, -0.25) is 0 Å². The van der Waals surface area contributed by atoms with Gasteiger partial charge in [0.15, 0.2) is 0 Å². The lowest BCUT2D eigenvalue weighted by atomic mass is 10.0. The molecule has 0 aromatic heterocycles. The third-order valence-corrected chi connectivity index (χ3v) is 5.52. The maximum absolute atomic E-state index is 3.89. The Morgan fingerprint density at radius 2 is 1.05 bits per heavy atom. The molecule has 0 fully saturated rings. The van der Waals surface area contributed by atoms with Gasteiger partial charge in [-0.05, 0) is 12.8 Å². The van der Waals surface area contributed by atoms with Crippen molar-refractivity contribution in [1.29, 1.82) is 0 Å². The summed E-state index contributed by atoms with van der Waals surface area (Å²) < 4.78 is 0.206. The highest BCUT2D eigenvalue weighted by Crippen LogP contribution is 2.37. The molecule has 0 atom stereocenters. The summed E-state index contributed by atoms with van der Waals surface area (Å²) in [5.41, 5.74) is 0. The second-order valence-electron chi connectivity index (χ2n) is 6.10.